The second-order valence-corrected chi connectivity index (χ2v) is 5.21. The second kappa shape index (κ2) is 7.21. The maximum absolute atomic E-state index is 12.2. The van der Waals surface area contributed by atoms with Gasteiger partial charge in [-0.3, -0.25) is 9.59 Å². The summed E-state index contributed by atoms with van der Waals surface area (Å²) >= 11 is 0. The zero-order chi connectivity index (χ0) is 15.2. The minimum atomic E-state index is -0.421. The van der Waals surface area contributed by atoms with E-state index in [0.717, 1.165) is 25.1 Å². The second-order valence-electron chi connectivity index (χ2n) is 5.21. The van der Waals surface area contributed by atoms with Gasteiger partial charge in [0.15, 0.2) is 0 Å². The van der Waals surface area contributed by atoms with Crippen LogP contribution in [0.4, 0.5) is 0 Å². The lowest BCUT2D eigenvalue weighted by Gasteiger charge is -2.23. The molecule has 1 saturated heterocycles. The number of aryl methyl sites for hydroxylation is 1. The summed E-state index contributed by atoms with van der Waals surface area (Å²) in [4.78, 5) is 29.9. The van der Waals surface area contributed by atoms with Gasteiger partial charge < -0.3 is 19.5 Å². The Morgan fingerprint density at radius 3 is 3.00 bits per heavy atom. The minimum absolute atomic E-state index is 0.0725. The molecule has 0 bridgehead atoms. The lowest BCUT2D eigenvalue weighted by Crippen LogP contribution is -2.44. The van der Waals surface area contributed by atoms with Gasteiger partial charge in [0, 0.05) is 33.1 Å². The van der Waals surface area contributed by atoms with E-state index >= 15 is 0 Å². The van der Waals surface area contributed by atoms with E-state index in [0.29, 0.717) is 13.1 Å². The van der Waals surface area contributed by atoms with Crippen LogP contribution < -0.4 is 5.32 Å². The van der Waals surface area contributed by atoms with Crippen molar-refractivity contribution in [3.05, 3.63) is 18.2 Å². The van der Waals surface area contributed by atoms with Crippen LogP contribution in [0, 0.1) is 0 Å². The molecule has 0 radical (unpaired) electrons. The van der Waals surface area contributed by atoms with Crippen LogP contribution >= 0.6 is 0 Å². The van der Waals surface area contributed by atoms with E-state index < -0.39 is 6.10 Å². The van der Waals surface area contributed by atoms with Crippen molar-refractivity contribution in [2.24, 2.45) is 7.05 Å². The molecule has 0 aromatic carbocycles. The van der Waals surface area contributed by atoms with Gasteiger partial charge in [0.25, 0.3) is 5.91 Å². The minimum Gasteiger partial charge on any atom is -0.372 e. The van der Waals surface area contributed by atoms with Crippen molar-refractivity contribution < 1.29 is 14.3 Å². The third-order valence-electron chi connectivity index (χ3n) is 3.72. The standard InChI is InChI=1S/C14H22N4O3/c1-17-8-6-15-12(17)9-16-13(19)10-18-7-4-3-5-11(21-2)14(18)20/h6,8,11H,3-5,7,9-10H2,1-2H3,(H,16,19). The van der Waals surface area contributed by atoms with Gasteiger partial charge in [0.1, 0.15) is 11.9 Å². The third kappa shape index (κ3) is 4.04. The summed E-state index contributed by atoms with van der Waals surface area (Å²) in [6.45, 7) is 1.04. The van der Waals surface area contributed by atoms with E-state index in [2.05, 4.69) is 10.3 Å². The molecule has 1 aromatic rings. The highest BCUT2D eigenvalue weighted by atomic mass is 16.5. The third-order valence-corrected chi connectivity index (χ3v) is 3.72. The molecule has 2 amide bonds. The van der Waals surface area contributed by atoms with E-state index in [1.807, 2.05) is 17.8 Å². The number of rotatable bonds is 5. The van der Waals surface area contributed by atoms with Crippen molar-refractivity contribution in [2.75, 3.05) is 20.2 Å². The zero-order valence-electron chi connectivity index (χ0n) is 12.5. The number of likely N-dealkylation sites (tertiary alicyclic amines) is 1. The predicted octanol–water partition coefficient (Wildman–Crippen LogP) is 0.0638. The molecule has 1 fully saturated rings. The molecule has 0 saturated carbocycles. The van der Waals surface area contributed by atoms with Crippen LogP contribution in [0.15, 0.2) is 12.4 Å². The number of carbonyl (C=O) groups is 2. The Bertz CT molecular complexity index is 500. The summed E-state index contributed by atoms with van der Waals surface area (Å²) in [6, 6.07) is 0. The van der Waals surface area contributed by atoms with Gasteiger partial charge in [-0.2, -0.15) is 0 Å². The highest BCUT2D eigenvalue weighted by Crippen LogP contribution is 2.14. The molecule has 0 aliphatic carbocycles. The molecule has 2 rings (SSSR count). The molecular formula is C14H22N4O3. The highest BCUT2D eigenvalue weighted by molar-refractivity contribution is 5.87. The first-order chi connectivity index (χ1) is 10.1. The van der Waals surface area contributed by atoms with Crippen LogP contribution in [0.25, 0.3) is 0 Å². The lowest BCUT2D eigenvalue weighted by molar-refractivity contribution is -0.144. The Morgan fingerprint density at radius 2 is 2.33 bits per heavy atom. The number of hydrogen-bond donors (Lipinski definition) is 1. The van der Waals surface area contributed by atoms with Crippen LogP contribution in [0.5, 0.6) is 0 Å². The van der Waals surface area contributed by atoms with Gasteiger partial charge >= 0.3 is 0 Å². The number of carbonyl (C=O) groups excluding carboxylic acids is 2. The van der Waals surface area contributed by atoms with E-state index in [1.54, 1.807) is 11.1 Å². The number of nitrogens with one attached hydrogen (secondary N) is 1. The predicted molar refractivity (Wildman–Crippen MR) is 76.3 cm³/mol. The number of imidazole rings is 1. The molecule has 21 heavy (non-hydrogen) atoms. The molecule has 1 aliphatic heterocycles. The quantitative estimate of drug-likeness (QED) is 0.833. The van der Waals surface area contributed by atoms with E-state index in [4.69, 9.17) is 4.74 Å². The molecule has 1 aliphatic rings. The van der Waals surface area contributed by atoms with E-state index in [-0.39, 0.29) is 18.4 Å². The Hall–Kier alpha value is -1.89. The van der Waals surface area contributed by atoms with Crippen molar-refractivity contribution >= 4 is 11.8 Å². The lowest BCUT2D eigenvalue weighted by atomic mass is 10.2. The van der Waals surface area contributed by atoms with E-state index in [9.17, 15) is 9.59 Å². The molecule has 1 unspecified atom stereocenters. The molecular weight excluding hydrogens is 272 g/mol. The number of amides is 2. The summed E-state index contributed by atoms with van der Waals surface area (Å²) in [5, 5.41) is 2.79. The number of methoxy groups -OCH3 is 1. The Morgan fingerprint density at radius 1 is 1.52 bits per heavy atom. The summed E-state index contributed by atoms with van der Waals surface area (Å²) in [5.74, 6) is 0.505. The van der Waals surface area contributed by atoms with Crippen molar-refractivity contribution in [1.29, 1.82) is 0 Å². The first-order valence-electron chi connectivity index (χ1n) is 7.16. The largest absolute Gasteiger partial charge is 0.372 e. The number of aromatic nitrogens is 2. The summed E-state index contributed by atoms with van der Waals surface area (Å²) in [7, 11) is 3.41. The van der Waals surface area contributed by atoms with Gasteiger partial charge in [-0.05, 0) is 19.3 Å². The molecule has 7 nitrogen and oxygen atoms in total. The van der Waals surface area contributed by atoms with Crippen molar-refractivity contribution in [2.45, 2.75) is 31.9 Å². The van der Waals surface area contributed by atoms with Crippen LogP contribution in [0.3, 0.4) is 0 Å². The Balaban J connectivity index is 1.86. The SMILES string of the molecule is COC1CCCCN(CC(=O)NCc2nccn2C)C1=O. The first-order valence-corrected chi connectivity index (χ1v) is 7.16. The maximum Gasteiger partial charge on any atom is 0.252 e. The number of hydrogen-bond acceptors (Lipinski definition) is 4. The monoisotopic (exact) mass is 294 g/mol. The molecule has 2 heterocycles. The summed E-state index contributed by atoms with van der Waals surface area (Å²) in [5.41, 5.74) is 0. The molecule has 7 heteroatoms. The van der Waals surface area contributed by atoms with Gasteiger partial charge in [-0.1, -0.05) is 0 Å². The maximum atomic E-state index is 12.2. The zero-order valence-corrected chi connectivity index (χ0v) is 12.5. The van der Waals surface area contributed by atoms with Crippen molar-refractivity contribution in [1.82, 2.24) is 19.8 Å². The molecule has 1 aromatic heterocycles. The number of ether oxygens (including phenoxy) is 1. The fourth-order valence-corrected chi connectivity index (χ4v) is 2.42. The van der Waals surface area contributed by atoms with Crippen LogP contribution in [-0.2, 0) is 27.9 Å². The van der Waals surface area contributed by atoms with Gasteiger partial charge in [-0.15, -0.1) is 0 Å². The number of nitrogens with zero attached hydrogens (tertiary/aromatic N) is 3. The van der Waals surface area contributed by atoms with Gasteiger partial charge in [0.2, 0.25) is 5.91 Å². The van der Waals surface area contributed by atoms with Gasteiger partial charge in [0.05, 0.1) is 13.1 Å². The first kappa shape index (κ1) is 15.5. The average molecular weight is 294 g/mol. The van der Waals surface area contributed by atoms with Crippen LogP contribution in [-0.4, -0.2) is 52.6 Å². The fourth-order valence-electron chi connectivity index (χ4n) is 2.42. The Labute approximate surface area is 124 Å². The molecule has 1 atom stereocenters. The molecule has 0 spiro atoms. The smallest absolute Gasteiger partial charge is 0.252 e. The van der Waals surface area contributed by atoms with Crippen LogP contribution in [0.1, 0.15) is 25.1 Å². The molecule has 116 valence electrons. The summed E-state index contributed by atoms with van der Waals surface area (Å²) < 4.78 is 7.04. The van der Waals surface area contributed by atoms with Crippen molar-refractivity contribution in [3.8, 4) is 0 Å². The fraction of sp³-hybridized carbons (Fsp3) is 0.643. The van der Waals surface area contributed by atoms with Crippen LogP contribution in [0.2, 0.25) is 0 Å². The normalized spacial score (nSPS) is 19.4. The highest BCUT2D eigenvalue weighted by Gasteiger charge is 2.27. The summed E-state index contributed by atoms with van der Waals surface area (Å²) in [6.07, 6.45) is 5.65. The molecule has 1 N–H and O–H groups in total. The van der Waals surface area contributed by atoms with Gasteiger partial charge in [-0.25, -0.2) is 4.98 Å². The topological polar surface area (TPSA) is 76.5 Å². The Kier molecular flexibility index (Phi) is 5.32. The van der Waals surface area contributed by atoms with E-state index in [1.165, 1.54) is 7.11 Å². The average Bonchev–Trinajstić information content (AvgIpc) is 2.80. The van der Waals surface area contributed by atoms with Crippen molar-refractivity contribution in [3.63, 3.8) is 0 Å².